The first kappa shape index (κ1) is 36.9. The summed E-state index contributed by atoms with van der Waals surface area (Å²) >= 11 is 0. The molecule has 4 aliphatic rings. The van der Waals surface area contributed by atoms with Crippen molar-refractivity contribution in [3.63, 3.8) is 0 Å². The van der Waals surface area contributed by atoms with Gasteiger partial charge in [-0.05, 0) is 183 Å². The van der Waals surface area contributed by atoms with Crippen LogP contribution in [0, 0.1) is 34.6 Å². The molecule has 2 heterocycles. The van der Waals surface area contributed by atoms with Crippen LogP contribution >= 0.6 is 0 Å². The number of hydrogen-bond donors (Lipinski definition) is 0. The van der Waals surface area contributed by atoms with E-state index in [4.69, 9.17) is 0 Å². The van der Waals surface area contributed by atoms with Gasteiger partial charge in [0.05, 0.1) is 16.8 Å². The molecule has 64 heavy (non-hydrogen) atoms. The van der Waals surface area contributed by atoms with Gasteiger partial charge in [0.1, 0.15) is 0 Å². The maximum atomic E-state index is 2.59. The van der Waals surface area contributed by atoms with Crippen LogP contribution in [-0.4, -0.2) is 0 Å². The third kappa shape index (κ3) is 4.97. The molecule has 0 N–H and O–H groups in total. The van der Waals surface area contributed by atoms with Crippen molar-refractivity contribution in [3.8, 4) is 33.4 Å². The van der Waals surface area contributed by atoms with E-state index in [0.29, 0.717) is 0 Å². The van der Waals surface area contributed by atoms with Crippen LogP contribution in [-0.2, 0) is 5.41 Å². The van der Waals surface area contributed by atoms with Gasteiger partial charge in [-0.3, -0.25) is 0 Å². The zero-order valence-corrected chi connectivity index (χ0v) is 36.8. The monoisotopic (exact) mass is 818 g/mol. The molecular formula is C62H46N2. The molecule has 304 valence electrons. The molecule has 2 aliphatic carbocycles. The molecule has 1 atom stereocenters. The fourth-order valence-corrected chi connectivity index (χ4v) is 12.0. The van der Waals surface area contributed by atoms with Crippen LogP contribution in [0.3, 0.4) is 0 Å². The van der Waals surface area contributed by atoms with Crippen LogP contribution in [0.25, 0.3) is 54.9 Å². The lowest BCUT2D eigenvalue weighted by atomic mass is 9.69. The van der Waals surface area contributed by atoms with E-state index in [0.717, 1.165) is 5.69 Å². The summed E-state index contributed by atoms with van der Waals surface area (Å²) in [7, 11) is 0. The van der Waals surface area contributed by atoms with E-state index in [9.17, 15) is 0 Å². The van der Waals surface area contributed by atoms with Crippen LogP contribution in [0.2, 0.25) is 0 Å². The molecule has 1 spiro atoms. The van der Waals surface area contributed by atoms with Gasteiger partial charge in [-0.15, -0.1) is 0 Å². The lowest BCUT2D eigenvalue weighted by Crippen LogP contribution is -2.27. The van der Waals surface area contributed by atoms with E-state index in [-0.39, 0.29) is 0 Å². The van der Waals surface area contributed by atoms with E-state index in [1.54, 1.807) is 0 Å². The third-order valence-corrected chi connectivity index (χ3v) is 14.5. The molecule has 2 aliphatic heterocycles. The Morgan fingerprint density at radius 2 is 0.984 bits per heavy atom. The lowest BCUT2D eigenvalue weighted by molar-refractivity contribution is 0.795. The van der Waals surface area contributed by atoms with Crippen molar-refractivity contribution >= 4 is 55.7 Å². The second-order valence-corrected chi connectivity index (χ2v) is 18.4. The van der Waals surface area contributed by atoms with Crippen molar-refractivity contribution in [2.45, 2.75) is 40.0 Å². The van der Waals surface area contributed by atoms with Crippen molar-refractivity contribution in [2.75, 3.05) is 9.80 Å². The quantitative estimate of drug-likeness (QED) is 0.175. The molecule has 0 aromatic heterocycles. The highest BCUT2D eigenvalue weighted by atomic mass is 15.2. The molecule has 10 aromatic rings. The SMILES string of the molecule is Cc1cc(C)cc(N(c2ccccc2C)c2cc3c(c4ccccc24)-c2c4cc(c5ccccc25)N(c2ccccc2C)c2cc(C)cc(c2)-c2ccc5c(c2)-c2ccccc2C534)c1. The standard InChI is InChI=1S/C62H46N2/c1-37-28-38(2)31-44(30-37)63(56-24-14-6-16-40(56)4)58-35-54-60(49-21-10-8-19-47(49)58)61-50-22-11-9-20-48(50)59-36-55(61)62(54)52-23-13-12-18-46(52)51-34-42(26-27-53(51)62)43-29-39(3)32-45(33-43)64(59)57-25-15-7-17-41(57)5/h6-36H,1-5H3. The van der Waals surface area contributed by atoms with Crippen molar-refractivity contribution in [1.29, 1.82) is 0 Å². The Balaban J connectivity index is 1.26. The fraction of sp³-hybridized carbons (Fsp3) is 0.0968. The number of benzene rings is 10. The lowest BCUT2D eigenvalue weighted by Gasteiger charge is -2.35. The van der Waals surface area contributed by atoms with Gasteiger partial charge in [0.2, 0.25) is 0 Å². The van der Waals surface area contributed by atoms with Crippen molar-refractivity contribution in [1.82, 2.24) is 0 Å². The predicted molar refractivity (Wildman–Crippen MR) is 270 cm³/mol. The summed E-state index contributed by atoms with van der Waals surface area (Å²) in [6.45, 7) is 11.2. The topological polar surface area (TPSA) is 6.48 Å². The molecule has 0 radical (unpaired) electrons. The smallest absolute Gasteiger partial charge is 0.0727 e. The number of aryl methyl sites for hydroxylation is 5. The largest absolute Gasteiger partial charge is 0.310 e. The van der Waals surface area contributed by atoms with E-state index in [1.807, 2.05) is 0 Å². The Morgan fingerprint density at radius 1 is 0.375 bits per heavy atom. The van der Waals surface area contributed by atoms with Crippen molar-refractivity contribution < 1.29 is 0 Å². The average Bonchev–Trinajstić information content (AvgIpc) is 3.76. The Morgan fingerprint density at radius 3 is 1.75 bits per heavy atom. The molecule has 1 unspecified atom stereocenters. The summed E-state index contributed by atoms with van der Waals surface area (Å²) in [5, 5.41) is 4.99. The van der Waals surface area contributed by atoms with Gasteiger partial charge < -0.3 is 9.80 Å². The molecule has 0 fully saturated rings. The molecule has 0 saturated carbocycles. The summed E-state index contributed by atoms with van der Waals surface area (Å²) in [4.78, 5) is 5.08. The second kappa shape index (κ2) is 13.4. The molecular weight excluding hydrogens is 773 g/mol. The normalized spacial score (nSPS) is 15.0. The minimum atomic E-state index is -0.618. The highest BCUT2D eigenvalue weighted by Crippen LogP contribution is 2.67. The first-order chi connectivity index (χ1) is 31.3. The van der Waals surface area contributed by atoms with Crippen LogP contribution in [0.4, 0.5) is 34.1 Å². The van der Waals surface area contributed by atoms with Crippen LogP contribution in [0.5, 0.6) is 0 Å². The van der Waals surface area contributed by atoms with Gasteiger partial charge in [0, 0.05) is 33.5 Å². The van der Waals surface area contributed by atoms with Gasteiger partial charge in [-0.1, -0.05) is 133 Å². The number of hydrogen-bond acceptors (Lipinski definition) is 2. The molecule has 2 heteroatoms. The summed E-state index contributed by atoms with van der Waals surface area (Å²) in [5.74, 6) is 0. The molecule has 14 rings (SSSR count). The molecule has 0 saturated heterocycles. The van der Waals surface area contributed by atoms with Crippen molar-refractivity contribution in [2.24, 2.45) is 0 Å². The van der Waals surface area contributed by atoms with Gasteiger partial charge in [-0.25, -0.2) is 0 Å². The first-order valence-electron chi connectivity index (χ1n) is 22.6. The van der Waals surface area contributed by atoms with E-state index >= 15 is 0 Å². The first-order valence-corrected chi connectivity index (χ1v) is 22.6. The van der Waals surface area contributed by atoms with Gasteiger partial charge in [0.15, 0.2) is 0 Å². The van der Waals surface area contributed by atoms with E-state index in [1.165, 1.54) is 133 Å². The van der Waals surface area contributed by atoms with E-state index < -0.39 is 5.41 Å². The molecule has 8 bridgehead atoms. The van der Waals surface area contributed by atoms with Crippen molar-refractivity contribution in [3.05, 3.63) is 238 Å². The average molecular weight is 819 g/mol. The fourth-order valence-electron chi connectivity index (χ4n) is 12.0. The summed E-state index contributed by atoms with van der Waals surface area (Å²) in [5.41, 5.74) is 25.7. The van der Waals surface area contributed by atoms with Gasteiger partial charge in [-0.2, -0.15) is 0 Å². The summed E-state index contributed by atoms with van der Waals surface area (Å²) in [6.07, 6.45) is 0. The Hall–Kier alpha value is -7.68. The number of nitrogens with zero attached hydrogens (tertiary/aromatic N) is 2. The molecule has 0 amide bonds. The van der Waals surface area contributed by atoms with Crippen LogP contribution < -0.4 is 9.80 Å². The number of rotatable bonds is 4. The maximum absolute atomic E-state index is 2.59. The Labute approximate surface area is 375 Å². The predicted octanol–water partition coefficient (Wildman–Crippen LogP) is 16.8. The zero-order chi connectivity index (χ0) is 43.0. The van der Waals surface area contributed by atoms with Crippen LogP contribution in [0.15, 0.2) is 188 Å². The number of fused-ring (bicyclic) bond motifs is 8. The minimum absolute atomic E-state index is 0.618. The highest BCUT2D eigenvalue weighted by Gasteiger charge is 2.53. The third-order valence-electron chi connectivity index (χ3n) is 14.5. The maximum Gasteiger partial charge on any atom is 0.0727 e. The zero-order valence-electron chi connectivity index (χ0n) is 36.8. The molecule has 2 nitrogen and oxygen atoms in total. The molecule has 10 aromatic carbocycles. The minimum Gasteiger partial charge on any atom is -0.310 e. The van der Waals surface area contributed by atoms with Gasteiger partial charge >= 0.3 is 0 Å². The Bertz CT molecular complexity index is 3630. The Kier molecular flexibility index (Phi) is 7.74. The highest BCUT2D eigenvalue weighted by molar-refractivity contribution is 6.19. The van der Waals surface area contributed by atoms with Gasteiger partial charge in [0.25, 0.3) is 0 Å². The number of anilines is 6. The second-order valence-electron chi connectivity index (χ2n) is 18.4. The summed E-state index contributed by atoms with van der Waals surface area (Å²) in [6, 6.07) is 72.0. The summed E-state index contributed by atoms with van der Waals surface area (Å²) < 4.78 is 0. The van der Waals surface area contributed by atoms with E-state index in [2.05, 4.69) is 232 Å². The number of para-hydroxylation sites is 2. The van der Waals surface area contributed by atoms with Crippen LogP contribution in [0.1, 0.15) is 50.1 Å².